The molecule has 4 nitrogen and oxygen atoms in total. The molecule has 84 valence electrons. The third kappa shape index (κ3) is 3.58. The molecule has 1 aromatic rings. The summed E-state index contributed by atoms with van der Waals surface area (Å²) in [6.45, 7) is 6.11. The van der Waals surface area contributed by atoms with Crippen LogP contribution in [0.4, 0.5) is 0 Å². The van der Waals surface area contributed by atoms with Gasteiger partial charge in [0.2, 0.25) is 5.91 Å². The lowest BCUT2D eigenvalue weighted by atomic mass is 10.1. The molecule has 0 saturated heterocycles. The van der Waals surface area contributed by atoms with Crippen LogP contribution in [-0.4, -0.2) is 16.3 Å². The minimum Gasteiger partial charge on any atom is -0.361 e. The summed E-state index contributed by atoms with van der Waals surface area (Å²) in [5.74, 6) is 0.881. The Hall–Kier alpha value is -0.970. The van der Waals surface area contributed by atoms with Crippen LogP contribution in [0.2, 0.25) is 0 Å². The van der Waals surface area contributed by atoms with Gasteiger partial charge in [-0.05, 0) is 12.8 Å². The Morgan fingerprint density at radius 2 is 2.33 bits per heavy atom. The standard InChI is InChI=1S/C10H16N2O2S/c1-6(2)9(15)10(13)11-5-8-4-7(3)14-12-8/h4,6,9,15H,5H2,1-3H3,(H,11,13). The van der Waals surface area contributed by atoms with E-state index < -0.39 is 0 Å². The van der Waals surface area contributed by atoms with Crippen LogP contribution >= 0.6 is 12.6 Å². The number of nitrogens with one attached hydrogen (secondary N) is 1. The zero-order valence-electron chi connectivity index (χ0n) is 9.15. The van der Waals surface area contributed by atoms with Crippen LogP contribution in [0.25, 0.3) is 0 Å². The van der Waals surface area contributed by atoms with Gasteiger partial charge in [0.15, 0.2) is 0 Å². The van der Waals surface area contributed by atoms with Crippen LogP contribution in [0.5, 0.6) is 0 Å². The van der Waals surface area contributed by atoms with E-state index in [1.54, 1.807) is 6.07 Å². The van der Waals surface area contributed by atoms with Crippen molar-refractivity contribution in [2.24, 2.45) is 5.92 Å². The second-order valence-electron chi connectivity index (χ2n) is 3.84. The Morgan fingerprint density at radius 3 is 2.80 bits per heavy atom. The van der Waals surface area contributed by atoms with Gasteiger partial charge in [-0.25, -0.2) is 0 Å². The number of aromatic nitrogens is 1. The maximum absolute atomic E-state index is 11.5. The van der Waals surface area contributed by atoms with Crippen molar-refractivity contribution in [3.63, 3.8) is 0 Å². The Labute approximate surface area is 94.8 Å². The number of amides is 1. The molecule has 1 amide bonds. The first-order valence-electron chi connectivity index (χ1n) is 4.88. The van der Waals surface area contributed by atoms with Gasteiger partial charge in [-0.1, -0.05) is 19.0 Å². The summed E-state index contributed by atoms with van der Waals surface area (Å²) in [5, 5.41) is 6.25. The summed E-state index contributed by atoms with van der Waals surface area (Å²) >= 11 is 4.22. The number of nitrogens with zero attached hydrogens (tertiary/aromatic N) is 1. The molecule has 1 atom stereocenters. The first kappa shape index (κ1) is 12.1. The first-order valence-corrected chi connectivity index (χ1v) is 5.40. The topological polar surface area (TPSA) is 55.1 Å². The second kappa shape index (κ2) is 5.21. The predicted molar refractivity (Wildman–Crippen MR) is 60.7 cm³/mol. The fourth-order valence-electron chi connectivity index (χ4n) is 1.09. The van der Waals surface area contributed by atoms with Crippen LogP contribution in [0.15, 0.2) is 10.6 Å². The van der Waals surface area contributed by atoms with Crippen molar-refractivity contribution in [1.82, 2.24) is 10.5 Å². The molecular formula is C10H16N2O2S. The number of carbonyl (C=O) groups excluding carboxylic acids is 1. The smallest absolute Gasteiger partial charge is 0.233 e. The van der Waals surface area contributed by atoms with Crippen molar-refractivity contribution in [3.05, 3.63) is 17.5 Å². The first-order chi connectivity index (χ1) is 7.00. The highest BCUT2D eigenvalue weighted by Crippen LogP contribution is 2.09. The molecule has 0 aromatic carbocycles. The number of hydrogen-bond donors (Lipinski definition) is 2. The van der Waals surface area contributed by atoms with Gasteiger partial charge >= 0.3 is 0 Å². The molecule has 0 bridgehead atoms. The maximum Gasteiger partial charge on any atom is 0.233 e. The van der Waals surface area contributed by atoms with Gasteiger partial charge in [-0.3, -0.25) is 4.79 Å². The number of carbonyl (C=O) groups is 1. The van der Waals surface area contributed by atoms with E-state index in [9.17, 15) is 4.79 Å². The van der Waals surface area contributed by atoms with Crippen LogP contribution in [0.3, 0.4) is 0 Å². The average Bonchev–Trinajstić information content (AvgIpc) is 2.59. The van der Waals surface area contributed by atoms with Crippen molar-refractivity contribution in [2.45, 2.75) is 32.6 Å². The maximum atomic E-state index is 11.5. The normalized spacial score (nSPS) is 12.9. The van der Waals surface area contributed by atoms with Crippen LogP contribution in [0, 0.1) is 12.8 Å². The fraction of sp³-hybridized carbons (Fsp3) is 0.600. The van der Waals surface area contributed by atoms with Gasteiger partial charge in [-0.15, -0.1) is 0 Å². The SMILES string of the molecule is Cc1cc(CNC(=O)C(S)C(C)C)no1. The molecule has 5 heteroatoms. The van der Waals surface area contributed by atoms with Gasteiger partial charge in [0.05, 0.1) is 11.8 Å². The molecule has 1 rings (SSSR count). The quantitative estimate of drug-likeness (QED) is 0.769. The minimum absolute atomic E-state index is 0.0750. The molecule has 1 unspecified atom stereocenters. The zero-order valence-corrected chi connectivity index (χ0v) is 10.0. The number of hydrogen-bond acceptors (Lipinski definition) is 4. The van der Waals surface area contributed by atoms with E-state index >= 15 is 0 Å². The Kier molecular flexibility index (Phi) is 4.20. The summed E-state index contributed by atoms with van der Waals surface area (Å²) in [6, 6.07) is 1.79. The highest BCUT2D eigenvalue weighted by atomic mass is 32.1. The van der Waals surface area contributed by atoms with E-state index in [0.717, 1.165) is 11.5 Å². The van der Waals surface area contributed by atoms with Gasteiger partial charge in [0.1, 0.15) is 11.5 Å². The molecule has 0 fully saturated rings. The van der Waals surface area contributed by atoms with Crippen molar-refractivity contribution in [1.29, 1.82) is 0 Å². The van der Waals surface area contributed by atoms with Crippen molar-refractivity contribution < 1.29 is 9.32 Å². The summed E-state index contributed by atoms with van der Waals surface area (Å²) in [4.78, 5) is 11.5. The van der Waals surface area contributed by atoms with Gasteiger partial charge in [0, 0.05) is 6.07 Å². The van der Waals surface area contributed by atoms with E-state index in [2.05, 4.69) is 23.1 Å². The van der Waals surface area contributed by atoms with Gasteiger partial charge in [-0.2, -0.15) is 12.6 Å². The number of thiol groups is 1. The molecule has 1 heterocycles. The molecule has 0 saturated carbocycles. The molecule has 15 heavy (non-hydrogen) atoms. The van der Waals surface area contributed by atoms with E-state index in [0.29, 0.717) is 6.54 Å². The molecule has 0 aliphatic heterocycles. The monoisotopic (exact) mass is 228 g/mol. The lowest BCUT2D eigenvalue weighted by Gasteiger charge is -2.13. The number of rotatable bonds is 4. The second-order valence-corrected chi connectivity index (χ2v) is 4.39. The van der Waals surface area contributed by atoms with Crippen LogP contribution in [-0.2, 0) is 11.3 Å². The van der Waals surface area contributed by atoms with E-state index in [-0.39, 0.29) is 17.1 Å². The molecule has 0 aliphatic rings. The summed E-state index contributed by atoms with van der Waals surface area (Å²) in [7, 11) is 0. The number of aryl methyl sites for hydroxylation is 1. The van der Waals surface area contributed by atoms with Crippen molar-refractivity contribution in [2.75, 3.05) is 0 Å². The molecule has 0 spiro atoms. The Balaban J connectivity index is 2.40. The highest BCUT2D eigenvalue weighted by Gasteiger charge is 2.17. The van der Waals surface area contributed by atoms with E-state index in [1.165, 1.54) is 0 Å². The van der Waals surface area contributed by atoms with E-state index in [1.807, 2.05) is 20.8 Å². The lowest BCUT2D eigenvalue weighted by Crippen LogP contribution is -2.33. The van der Waals surface area contributed by atoms with Crippen molar-refractivity contribution in [3.8, 4) is 0 Å². The highest BCUT2D eigenvalue weighted by molar-refractivity contribution is 7.81. The van der Waals surface area contributed by atoms with Crippen LogP contribution < -0.4 is 5.32 Å². The fourth-order valence-corrected chi connectivity index (χ4v) is 1.18. The summed E-state index contributed by atoms with van der Waals surface area (Å²) in [6.07, 6.45) is 0. The molecule has 1 N–H and O–H groups in total. The van der Waals surface area contributed by atoms with Gasteiger partial charge < -0.3 is 9.84 Å². The molecule has 0 radical (unpaired) electrons. The molecule has 1 aromatic heterocycles. The Morgan fingerprint density at radius 1 is 1.67 bits per heavy atom. The predicted octanol–water partition coefficient (Wildman–Crippen LogP) is 1.55. The average molecular weight is 228 g/mol. The Bertz CT molecular complexity index is 336. The minimum atomic E-state index is -0.280. The third-order valence-corrected chi connectivity index (χ3v) is 2.85. The van der Waals surface area contributed by atoms with Crippen LogP contribution in [0.1, 0.15) is 25.3 Å². The molecular weight excluding hydrogens is 212 g/mol. The zero-order chi connectivity index (χ0) is 11.4. The van der Waals surface area contributed by atoms with Crippen molar-refractivity contribution >= 4 is 18.5 Å². The lowest BCUT2D eigenvalue weighted by molar-refractivity contribution is -0.121. The summed E-state index contributed by atoms with van der Waals surface area (Å²) < 4.78 is 4.88. The van der Waals surface area contributed by atoms with Gasteiger partial charge in [0.25, 0.3) is 0 Å². The summed E-state index contributed by atoms with van der Waals surface area (Å²) in [5.41, 5.74) is 0.727. The molecule has 0 aliphatic carbocycles. The largest absolute Gasteiger partial charge is 0.361 e. The van der Waals surface area contributed by atoms with E-state index in [4.69, 9.17) is 4.52 Å². The third-order valence-electron chi connectivity index (χ3n) is 2.02.